The van der Waals surface area contributed by atoms with Gasteiger partial charge in [-0.1, -0.05) is 0 Å². The van der Waals surface area contributed by atoms with E-state index in [9.17, 15) is 97.9 Å². The predicted octanol–water partition coefficient (Wildman–Crippen LogP) is 5.76. The summed E-state index contributed by atoms with van der Waals surface area (Å²) >= 11 is 0. The van der Waals surface area contributed by atoms with Crippen molar-refractivity contribution in [2.45, 2.75) is 0 Å². The summed E-state index contributed by atoms with van der Waals surface area (Å²) in [6.45, 7) is 0. The Morgan fingerprint density at radius 1 is 0.226 bits per heavy atom. The molecule has 0 aliphatic heterocycles. The van der Waals surface area contributed by atoms with Crippen LogP contribution in [-0.2, 0) is 19.5 Å². The molecule has 0 N–H and O–H groups in total. The third kappa shape index (κ3) is 8.45. The molecule has 0 aromatic heterocycles. The maximum atomic E-state index is 13.3. The molecule has 29 heteroatoms. The third-order valence-corrected chi connectivity index (χ3v) is 5.53. The summed E-state index contributed by atoms with van der Waals surface area (Å²) < 4.78 is 275. The summed E-state index contributed by atoms with van der Waals surface area (Å²) in [6, 6.07) is 0. The first-order valence-electron chi connectivity index (χ1n) is 12.0. The minimum Gasteiger partial charge on any atom is -0.808 e. The smallest absolute Gasteiger partial charge is 0.808 e. The summed E-state index contributed by atoms with van der Waals surface area (Å²) in [5, 5.41) is 22.6. The van der Waals surface area contributed by atoms with E-state index in [-0.39, 0.29) is 19.5 Å². The van der Waals surface area contributed by atoms with Crippen LogP contribution in [-0.4, -0.2) is 14.6 Å². The molecular weight excluding hydrogens is 851 g/mol. The summed E-state index contributed by atoms with van der Waals surface area (Å²) in [5.74, 6) is -60.5. The molecule has 0 amide bonds. The van der Waals surface area contributed by atoms with E-state index in [0.29, 0.717) is 0 Å². The van der Waals surface area contributed by atoms with E-state index in [1.807, 2.05) is 0 Å². The molecule has 0 spiro atoms. The van der Waals surface area contributed by atoms with E-state index >= 15 is 0 Å². The topological polar surface area (TPSA) is 83.0 Å². The van der Waals surface area contributed by atoms with Crippen molar-refractivity contribution in [3.63, 3.8) is 0 Å². The SMILES string of the molecule is [O-]B(Oc1c(F)c(F)c(F)c(F)c1F)Oc1c(F)c(F)c(F)c(F)c1F.[O-]B(Oc1c(F)c(F)c(F)c(F)c1F)Oc1c(F)c(F)c(F)c(F)c1F.[Zn+2]. The molecule has 0 aliphatic carbocycles. The van der Waals surface area contributed by atoms with Crippen LogP contribution in [0.15, 0.2) is 0 Å². The van der Waals surface area contributed by atoms with Crippen molar-refractivity contribution in [2.24, 2.45) is 0 Å². The Hall–Kier alpha value is -4.65. The first-order valence-corrected chi connectivity index (χ1v) is 12.0. The van der Waals surface area contributed by atoms with Crippen LogP contribution in [0.5, 0.6) is 23.0 Å². The number of hydrogen-bond acceptors (Lipinski definition) is 6. The van der Waals surface area contributed by atoms with Gasteiger partial charge in [0.25, 0.3) is 0 Å². The molecule has 0 atom stereocenters. The van der Waals surface area contributed by atoms with Gasteiger partial charge in [-0.3, -0.25) is 0 Å². The van der Waals surface area contributed by atoms with Gasteiger partial charge in [-0.25, -0.2) is 52.7 Å². The summed E-state index contributed by atoms with van der Waals surface area (Å²) in [6.07, 6.45) is 0. The fourth-order valence-electron chi connectivity index (χ4n) is 3.19. The van der Waals surface area contributed by atoms with Crippen molar-refractivity contribution in [2.75, 3.05) is 0 Å². The number of benzene rings is 4. The zero-order valence-electron chi connectivity index (χ0n) is 23.9. The molecular formula is C24B2F20O6Zn. The van der Waals surface area contributed by atoms with E-state index in [1.54, 1.807) is 0 Å². The Morgan fingerprint density at radius 2 is 0.321 bits per heavy atom. The van der Waals surface area contributed by atoms with Crippen LogP contribution in [0, 0.1) is 116 Å². The fourth-order valence-corrected chi connectivity index (χ4v) is 3.19. The van der Waals surface area contributed by atoms with Gasteiger partial charge in [-0.05, 0) is 0 Å². The van der Waals surface area contributed by atoms with E-state index in [1.165, 1.54) is 0 Å². The first kappa shape index (κ1) is 44.5. The third-order valence-electron chi connectivity index (χ3n) is 5.53. The van der Waals surface area contributed by atoms with Crippen LogP contribution in [0.4, 0.5) is 87.8 Å². The predicted molar refractivity (Wildman–Crippen MR) is 119 cm³/mol. The molecule has 0 unspecified atom stereocenters. The van der Waals surface area contributed by atoms with Crippen molar-refractivity contribution in [3.8, 4) is 23.0 Å². The normalized spacial score (nSPS) is 10.7. The second-order valence-electron chi connectivity index (χ2n) is 8.64. The van der Waals surface area contributed by atoms with Crippen LogP contribution in [0.2, 0.25) is 0 Å². The van der Waals surface area contributed by atoms with Gasteiger partial charge in [0, 0.05) is 0 Å². The molecule has 4 aromatic carbocycles. The quantitative estimate of drug-likeness (QED) is 0.0972. The number of rotatable bonds is 8. The Kier molecular flexibility index (Phi) is 14.3. The largest absolute Gasteiger partial charge is 2.00 e. The van der Waals surface area contributed by atoms with Crippen LogP contribution < -0.4 is 28.7 Å². The maximum absolute atomic E-state index is 13.3. The van der Waals surface area contributed by atoms with Crippen molar-refractivity contribution in [1.82, 2.24) is 0 Å². The number of halogens is 20. The van der Waals surface area contributed by atoms with Crippen LogP contribution in [0.3, 0.4) is 0 Å². The first-order chi connectivity index (χ1) is 24.0. The monoisotopic (exact) mass is 850 g/mol. The minimum atomic E-state index is -3.48. The van der Waals surface area contributed by atoms with Gasteiger partial charge in [0.2, 0.25) is 116 Å². The number of hydrogen-bond donors (Lipinski definition) is 0. The second kappa shape index (κ2) is 17.0. The summed E-state index contributed by atoms with van der Waals surface area (Å²) in [7, 11) is -6.95. The van der Waals surface area contributed by atoms with Gasteiger partial charge in [0.05, 0.1) is 0 Å². The van der Waals surface area contributed by atoms with E-state index < -0.39 is 154 Å². The van der Waals surface area contributed by atoms with E-state index in [2.05, 4.69) is 18.6 Å². The molecule has 6 nitrogen and oxygen atoms in total. The molecule has 0 heterocycles. The van der Waals surface area contributed by atoms with Gasteiger partial charge in [0.15, 0.2) is 23.0 Å². The Balaban J connectivity index is 0.000000360. The Bertz CT molecular complexity index is 1670. The molecule has 0 saturated heterocycles. The molecule has 0 aliphatic rings. The zero-order chi connectivity index (χ0) is 39.8. The molecule has 0 bridgehead atoms. The van der Waals surface area contributed by atoms with Crippen molar-refractivity contribution in [1.29, 1.82) is 0 Å². The minimum absolute atomic E-state index is 0. The summed E-state index contributed by atoms with van der Waals surface area (Å²) in [5.41, 5.74) is 0. The Labute approximate surface area is 290 Å². The second-order valence-corrected chi connectivity index (χ2v) is 8.64. The average Bonchev–Trinajstić information content (AvgIpc) is 3.12. The van der Waals surface area contributed by atoms with Gasteiger partial charge < -0.3 is 28.7 Å². The average molecular weight is 851 g/mol. The van der Waals surface area contributed by atoms with Crippen LogP contribution >= 0.6 is 0 Å². The maximum Gasteiger partial charge on any atom is 2.00 e. The Morgan fingerprint density at radius 3 is 0.434 bits per heavy atom. The van der Waals surface area contributed by atoms with Crippen LogP contribution in [0.25, 0.3) is 0 Å². The van der Waals surface area contributed by atoms with Crippen molar-refractivity contribution in [3.05, 3.63) is 116 Å². The van der Waals surface area contributed by atoms with Gasteiger partial charge in [0.1, 0.15) is 0 Å². The molecule has 0 radical (unpaired) electrons. The van der Waals surface area contributed by atoms with E-state index in [4.69, 9.17) is 0 Å². The van der Waals surface area contributed by atoms with Crippen molar-refractivity contribution >= 4 is 14.6 Å². The van der Waals surface area contributed by atoms with Crippen molar-refractivity contribution < 1.29 is 136 Å². The van der Waals surface area contributed by atoms with Gasteiger partial charge >= 0.3 is 34.1 Å². The molecule has 0 saturated carbocycles. The summed E-state index contributed by atoms with van der Waals surface area (Å²) in [4.78, 5) is 0. The fraction of sp³-hybridized carbons (Fsp3) is 0. The molecule has 4 aromatic rings. The molecule has 4 rings (SSSR count). The van der Waals surface area contributed by atoms with Gasteiger partial charge in [-0.2, -0.15) is 35.1 Å². The molecule has 53 heavy (non-hydrogen) atoms. The van der Waals surface area contributed by atoms with E-state index in [0.717, 1.165) is 0 Å². The molecule has 0 fully saturated rings. The standard InChI is InChI=1S/2C12BF10O3.Zn/c2*14-1-3(16)7(20)11(8(21)4(1)17)25-13(24)26-12-9(22)5(18)2(15)6(19)10(12)23;/q2*-1;+2. The van der Waals surface area contributed by atoms with Gasteiger partial charge in [-0.15, -0.1) is 0 Å². The zero-order valence-corrected chi connectivity index (χ0v) is 26.8. The molecule has 280 valence electrons. The van der Waals surface area contributed by atoms with Crippen LogP contribution in [0.1, 0.15) is 0 Å².